The molecule has 0 saturated carbocycles. The van der Waals surface area contributed by atoms with Crippen LogP contribution in [0.25, 0.3) is 0 Å². The average molecular weight is 244 g/mol. The fourth-order valence-corrected chi connectivity index (χ4v) is 2.43. The number of likely N-dealkylation sites (N-methyl/N-ethyl adjacent to an activating group) is 1. The number of hydrogen-bond acceptors (Lipinski definition) is 3. The van der Waals surface area contributed by atoms with E-state index < -0.39 is 0 Å². The van der Waals surface area contributed by atoms with Gasteiger partial charge in [0.25, 0.3) is 0 Å². The number of rotatable bonds is 3. The fourth-order valence-electron chi connectivity index (χ4n) is 2.43. The third kappa shape index (κ3) is 3.02. The van der Waals surface area contributed by atoms with Gasteiger partial charge in [-0.3, -0.25) is 0 Å². The van der Waals surface area contributed by atoms with Crippen LogP contribution in [-0.4, -0.2) is 26.3 Å². The highest BCUT2D eigenvalue weighted by atomic mass is 16.5. The third-order valence-corrected chi connectivity index (χ3v) is 3.44. The average Bonchev–Trinajstić information content (AvgIpc) is 2.39. The summed E-state index contributed by atoms with van der Waals surface area (Å²) >= 11 is 0. The molecule has 1 heterocycles. The molecule has 0 bridgehead atoms. The molecule has 2 rings (SSSR count). The van der Waals surface area contributed by atoms with Gasteiger partial charge in [0.1, 0.15) is 6.07 Å². The van der Waals surface area contributed by atoms with Crippen molar-refractivity contribution in [3.05, 3.63) is 29.3 Å². The zero-order chi connectivity index (χ0) is 13.0. The topological polar surface area (TPSA) is 36.3 Å². The Balaban J connectivity index is 2.08. The quantitative estimate of drug-likeness (QED) is 0.820. The zero-order valence-corrected chi connectivity index (χ0v) is 11.1. The summed E-state index contributed by atoms with van der Waals surface area (Å²) in [6, 6.07) is 8.28. The molecule has 18 heavy (non-hydrogen) atoms. The van der Waals surface area contributed by atoms with E-state index >= 15 is 0 Å². The molecule has 1 aliphatic rings. The second kappa shape index (κ2) is 5.88. The molecule has 1 unspecified atom stereocenters. The van der Waals surface area contributed by atoms with Crippen molar-refractivity contribution in [1.82, 2.24) is 0 Å². The molecule has 0 aromatic heterocycles. The Bertz CT molecular complexity index is 444. The van der Waals surface area contributed by atoms with Crippen LogP contribution in [0.1, 0.15) is 30.4 Å². The first-order valence-electron chi connectivity index (χ1n) is 6.54. The second-order valence-corrected chi connectivity index (χ2v) is 5.00. The minimum atomic E-state index is 0.302. The van der Waals surface area contributed by atoms with E-state index in [2.05, 4.69) is 17.0 Å². The number of ether oxygens (including phenoxy) is 1. The van der Waals surface area contributed by atoms with Gasteiger partial charge in [-0.1, -0.05) is 6.07 Å². The normalized spacial score (nSPS) is 19.3. The highest BCUT2D eigenvalue weighted by Crippen LogP contribution is 2.22. The summed E-state index contributed by atoms with van der Waals surface area (Å²) in [5, 5.41) is 9.19. The monoisotopic (exact) mass is 244 g/mol. The van der Waals surface area contributed by atoms with Crippen molar-refractivity contribution in [1.29, 1.82) is 5.26 Å². The molecule has 0 spiro atoms. The van der Waals surface area contributed by atoms with Crippen LogP contribution in [0.5, 0.6) is 0 Å². The molecule has 0 aliphatic carbocycles. The summed E-state index contributed by atoms with van der Waals surface area (Å²) in [4.78, 5) is 2.13. The summed E-state index contributed by atoms with van der Waals surface area (Å²) in [6.45, 7) is 3.74. The summed E-state index contributed by atoms with van der Waals surface area (Å²) in [5.74, 6) is 0. The first-order chi connectivity index (χ1) is 8.70. The van der Waals surface area contributed by atoms with Gasteiger partial charge in [0.05, 0.1) is 17.4 Å². The van der Waals surface area contributed by atoms with Crippen LogP contribution < -0.4 is 4.90 Å². The van der Waals surface area contributed by atoms with E-state index in [0.29, 0.717) is 6.10 Å². The second-order valence-electron chi connectivity index (χ2n) is 5.00. The Morgan fingerprint density at radius 1 is 1.44 bits per heavy atom. The van der Waals surface area contributed by atoms with Gasteiger partial charge in [0.15, 0.2) is 0 Å². The first kappa shape index (κ1) is 12.9. The van der Waals surface area contributed by atoms with Crippen molar-refractivity contribution in [3.8, 4) is 6.07 Å². The van der Waals surface area contributed by atoms with E-state index in [4.69, 9.17) is 4.74 Å². The largest absolute Gasteiger partial charge is 0.376 e. The summed E-state index contributed by atoms with van der Waals surface area (Å²) < 4.78 is 5.74. The van der Waals surface area contributed by atoms with Gasteiger partial charge in [-0.2, -0.15) is 5.26 Å². The smallest absolute Gasteiger partial charge is 0.101 e. The SMILES string of the molecule is Cc1ccc(N(C)CC2CCCCO2)c(C#N)c1. The Kier molecular flexibility index (Phi) is 4.22. The minimum Gasteiger partial charge on any atom is -0.376 e. The van der Waals surface area contributed by atoms with Crippen molar-refractivity contribution < 1.29 is 4.74 Å². The molecule has 1 fully saturated rings. The maximum absolute atomic E-state index is 9.19. The number of nitrogens with zero attached hydrogens (tertiary/aromatic N) is 2. The van der Waals surface area contributed by atoms with Crippen molar-refractivity contribution >= 4 is 5.69 Å². The van der Waals surface area contributed by atoms with Gasteiger partial charge in [0.2, 0.25) is 0 Å². The molecule has 96 valence electrons. The van der Waals surface area contributed by atoms with E-state index in [1.165, 1.54) is 12.8 Å². The third-order valence-electron chi connectivity index (χ3n) is 3.44. The number of anilines is 1. The van der Waals surface area contributed by atoms with E-state index in [1.807, 2.05) is 26.1 Å². The molecule has 3 heteroatoms. The predicted molar refractivity (Wildman–Crippen MR) is 72.8 cm³/mol. The molecule has 0 radical (unpaired) electrons. The van der Waals surface area contributed by atoms with Crippen molar-refractivity contribution in [2.24, 2.45) is 0 Å². The Morgan fingerprint density at radius 3 is 2.94 bits per heavy atom. The number of hydrogen-bond donors (Lipinski definition) is 0. The Labute approximate surface area is 109 Å². The van der Waals surface area contributed by atoms with Crippen molar-refractivity contribution in [2.75, 3.05) is 25.1 Å². The Hall–Kier alpha value is -1.53. The van der Waals surface area contributed by atoms with E-state index in [0.717, 1.165) is 36.4 Å². The predicted octanol–water partition coefficient (Wildman–Crippen LogP) is 2.87. The molecule has 0 amide bonds. The van der Waals surface area contributed by atoms with Gasteiger partial charge < -0.3 is 9.64 Å². The number of aryl methyl sites for hydroxylation is 1. The highest BCUT2D eigenvalue weighted by Gasteiger charge is 2.17. The maximum Gasteiger partial charge on any atom is 0.101 e. The van der Waals surface area contributed by atoms with Crippen molar-refractivity contribution in [3.63, 3.8) is 0 Å². The van der Waals surface area contributed by atoms with E-state index in [9.17, 15) is 5.26 Å². The molecule has 1 saturated heterocycles. The number of nitriles is 1. The van der Waals surface area contributed by atoms with Crippen LogP contribution in [0.2, 0.25) is 0 Å². The summed E-state index contributed by atoms with van der Waals surface area (Å²) in [6.07, 6.45) is 3.85. The standard InChI is InChI=1S/C15H20N2O/c1-12-6-7-15(13(9-12)10-16)17(2)11-14-5-3-4-8-18-14/h6-7,9,14H,3-5,8,11H2,1-2H3. The number of benzene rings is 1. The van der Waals surface area contributed by atoms with Gasteiger partial charge >= 0.3 is 0 Å². The van der Waals surface area contributed by atoms with Crippen LogP contribution in [0.3, 0.4) is 0 Å². The minimum absolute atomic E-state index is 0.302. The fraction of sp³-hybridized carbons (Fsp3) is 0.533. The van der Waals surface area contributed by atoms with Crippen LogP contribution >= 0.6 is 0 Å². The molecule has 1 aromatic rings. The molecular formula is C15H20N2O. The molecule has 3 nitrogen and oxygen atoms in total. The lowest BCUT2D eigenvalue weighted by atomic mass is 10.1. The molecule has 1 aromatic carbocycles. The Morgan fingerprint density at radius 2 is 2.28 bits per heavy atom. The molecular weight excluding hydrogens is 224 g/mol. The molecule has 1 atom stereocenters. The van der Waals surface area contributed by atoms with E-state index in [1.54, 1.807) is 0 Å². The lowest BCUT2D eigenvalue weighted by molar-refractivity contribution is 0.0216. The van der Waals surface area contributed by atoms with Crippen LogP contribution in [0, 0.1) is 18.3 Å². The van der Waals surface area contributed by atoms with Crippen molar-refractivity contribution in [2.45, 2.75) is 32.3 Å². The van der Waals surface area contributed by atoms with Gasteiger partial charge in [0, 0.05) is 20.2 Å². The van der Waals surface area contributed by atoms with Gasteiger partial charge in [-0.05, 0) is 43.9 Å². The van der Waals surface area contributed by atoms with Crippen LogP contribution in [0.4, 0.5) is 5.69 Å². The van der Waals surface area contributed by atoms with Gasteiger partial charge in [-0.15, -0.1) is 0 Å². The van der Waals surface area contributed by atoms with E-state index in [-0.39, 0.29) is 0 Å². The lowest BCUT2D eigenvalue weighted by Crippen LogP contribution is -2.33. The molecule has 0 N–H and O–H groups in total. The zero-order valence-electron chi connectivity index (χ0n) is 11.1. The first-order valence-corrected chi connectivity index (χ1v) is 6.54. The van der Waals surface area contributed by atoms with Gasteiger partial charge in [-0.25, -0.2) is 0 Å². The van der Waals surface area contributed by atoms with Crippen LogP contribution in [0.15, 0.2) is 18.2 Å². The lowest BCUT2D eigenvalue weighted by Gasteiger charge is -2.29. The van der Waals surface area contributed by atoms with Crippen LogP contribution in [-0.2, 0) is 4.74 Å². The highest BCUT2D eigenvalue weighted by molar-refractivity contribution is 5.60. The maximum atomic E-state index is 9.19. The molecule has 1 aliphatic heterocycles. The summed E-state index contributed by atoms with van der Waals surface area (Å²) in [7, 11) is 2.03. The summed E-state index contributed by atoms with van der Waals surface area (Å²) in [5.41, 5.74) is 2.86.